The zero-order chi connectivity index (χ0) is 17.6. The van der Waals surface area contributed by atoms with Gasteiger partial charge in [0.2, 0.25) is 5.95 Å². The summed E-state index contributed by atoms with van der Waals surface area (Å²) in [4.78, 5) is 15.7. The SMILES string of the molecule is COC(=O)c1ccc(Nc2nncc(Nc3ccc(F)cc3)n2)cc1. The van der Waals surface area contributed by atoms with Crippen molar-refractivity contribution < 1.29 is 13.9 Å². The van der Waals surface area contributed by atoms with E-state index in [2.05, 4.69) is 30.6 Å². The highest BCUT2D eigenvalue weighted by molar-refractivity contribution is 5.89. The minimum Gasteiger partial charge on any atom is -0.465 e. The molecule has 0 fully saturated rings. The van der Waals surface area contributed by atoms with Crippen molar-refractivity contribution >= 4 is 29.1 Å². The van der Waals surface area contributed by atoms with Crippen LogP contribution in [0.25, 0.3) is 0 Å². The Labute approximate surface area is 142 Å². The van der Waals surface area contributed by atoms with Gasteiger partial charge in [0.15, 0.2) is 5.82 Å². The van der Waals surface area contributed by atoms with Crippen LogP contribution in [0.4, 0.5) is 27.5 Å². The normalized spacial score (nSPS) is 10.2. The van der Waals surface area contributed by atoms with Gasteiger partial charge in [-0.1, -0.05) is 0 Å². The molecule has 1 heterocycles. The molecular weight excluding hydrogens is 325 g/mol. The third-order valence-electron chi connectivity index (χ3n) is 3.24. The summed E-state index contributed by atoms with van der Waals surface area (Å²) in [6, 6.07) is 12.5. The fraction of sp³-hybridized carbons (Fsp3) is 0.0588. The molecule has 0 bridgehead atoms. The second kappa shape index (κ2) is 7.35. The average Bonchev–Trinajstić information content (AvgIpc) is 2.64. The summed E-state index contributed by atoms with van der Waals surface area (Å²) >= 11 is 0. The summed E-state index contributed by atoms with van der Waals surface area (Å²) in [5, 5.41) is 13.8. The van der Waals surface area contributed by atoms with Gasteiger partial charge in [-0.15, -0.1) is 5.10 Å². The van der Waals surface area contributed by atoms with Gasteiger partial charge in [-0.3, -0.25) is 0 Å². The van der Waals surface area contributed by atoms with Crippen molar-refractivity contribution in [2.24, 2.45) is 0 Å². The van der Waals surface area contributed by atoms with Crippen molar-refractivity contribution in [2.45, 2.75) is 0 Å². The zero-order valence-electron chi connectivity index (χ0n) is 13.2. The van der Waals surface area contributed by atoms with Crippen LogP contribution in [0.1, 0.15) is 10.4 Å². The molecule has 0 radical (unpaired) electrons. The minimum absolute atomic E-state index is 0.276. The highest BCUT2D eigenvalue weighted by Crippen LogP contribution is 2.17. The van der Waals surface area contributed by atoms with E-state index in [1.807, 2.05) is 0 Å². The Morgan fingerprint density at radius 3 is 2.32 bits per heavy atom. The second-order valence-corrected chi connectivity index (χ2v) is 4.99. The highest BCUT2D eigenvalue weighted by Gasteiger charge is 2.06. The number of nitrogens with zero attached hydrogens (tertiary/aromatic N) is 3. The predicted octanol–water partition coefficient (Wildman–Crippen LogP) is 3.28. The number of aromatic nitrogens is 3. The Morgan fingerprint density at radius 1 is 1.00 bits per heavy atom. The summed E-state index contributed by atoms with van der Waals surface area (Å²) in [5.74, 6) is 0.00676. The minimum atomic E-state index is -0.407. The molecule has 126 valence electrons. The number of hydrogen-bond donors (Lipinski definition) is 2. The first kappa shape index (κ1) is 16.3. The number of anilines is 4. The van der Waals surface area contributed by atoms with Crippen LogP contribution < -0.4 is 10.6 Å². The lowest BCUT2D eigenvalue weighted by molar-refractivity contribution is 0.0601. The smallest absolute Gasteiger partial charge is 0.337 e. The van der Waals surface area contributed by atoms with Crippen LogP contribution in [0.2, 0.25) is 0 Å². The molecule has 2 aromatic carbocycles. The van der Waals surface area contributed by atoms with Gasteiger partial charge in [-0.2, -0.15) is 10.1 Å². The zero-order valence-corrected chi connectivity index (χ0v) is 13.2. The maximum absolute atomic E-state index is 12.9. The van der Waals surface area contributed by atoms with Crippen molar-refractivity contribution in [3.8, 4) is 0 Å². The number of rotatable bonds is 5. The second-order valence-electron chi connectivity index (χ2n) is 4.99. The summed E-state index contributed by atoms with van der Waals surface area (Å²) < 4.78 is 17.6. The molecule has 7 nitrogen and oxygen atoms in total. The maximum atomic E-state index is 12.9. The third kappa shape index (κ3) is 4.25. The molecule has 1 aromatic heterocycles. The number of methoxy groups -OCH3 is 1. The number of carbonyl (C=O) groups is 1. The van der Waals surface area contributed by atoms with Crippen LogP contribution in [0.3, 0.4) is 0 Å². The molecule has 0 atom stereocenters. The number of esters is 1. The van der Waals surface area contributed by atoms with Crippen LogP contribution in [0, 0.1) is 5.82 Å². The van der Waals surface area contributed by atoms with Gasteiger partial charge in [0.05, 0.1) is 18.9 Å². The molecule has 0 unspecified atom stereocenters. The Balaban J connectivity index is 1.71. The lowest BCUT2D eigenvalue weighted by Gasteiger charge is -2.08. The molecule has 0 saturated heterocycles. The van der Waals surface area contributed by atoms with E-state index in [-0.39, 0.29) is 11.8 Å². The van der Waals surface area contributed by atoms with Crippen molar-refractivity contribution in [1.82, 2.24) is 15.2 Å². The van der Waals surface area contributed by atoms with Gasteiger partial charge in [-0.25, -0.2) is 9.18 Å². The standard InChI is InChI=1S/C17H14FN5O2/c1-25-16(24)11-2-6-14(7-3-11)21-17-22-15(10-19-23-17)20-13-8-4-12(18)5-9-13/h2-10H,1H3,(H2,20,21,22,23). The molecule has 3 rings (SSSR count). The van der Waals surface area contributed by atoms with E-state index in [4.69, 9.17) is 0 Å². The largest absolute Gasteiger partial charge is 0.465 e. The maximum Gasteiger partial charge on any atom is 0.337 e. The van der Waals surface area contributed by atoms with E-state index in [0.717, 1.165) is 0 Å². The summed E-state index contributed by atoms with van der Waals surface area (Å²) in [7, 11) is 1.33. The summed E-state index contributed by atoms with van der Waals surface area (Å²) in [6.07, 6.45) is 1.45. The molecule has 0 aliphatic heterocycles. The van der Waals surface area contributed by atoms with Crippen molar-refractivity contribution in [3.05, 3.63) is 66.1 Å². The molecule has 0 amide bonds. The van der Waals surface area contributed by atoms with E-state index >= 15 is 0 Å². The van der Waals surface area contributed by atoms with Crippen LogP contribution in [-0.2, 0) is 4.74 Å². The lowest BCUT2D eigenvalue weighted by atomic mass is 10.2. The van der Waals surface area contributed by atoms with Gasteiger partial charge in [-0.05, 0) is 48.5 Å². The van der Waals surface area contributed by atoms with Gasteiger partial charge in [0, 0.05) is 11.4 Å². The fourth-order valence-electron chi connectivity index (χ4n) is 2.03. The van der Waals surface area contributed by atoms with Crippen LogP contribution in [-0.4, -0.2) is 28.3 Å². The van der Waals surface area contributed by atoms with Crippen LogP contribution in [0.15, 0.2) is 54.7 Å². The quantitative estimate of drug-likeness (QED) is 0.690. The lowest BCUT2D eigenvalue weighted by Crippen LogP contribution is -2.03. The first-order valence-electron chi connectivity index (χ1n) is 7.32. The monoisotopic (exact) mass is 339 g/mol. The molecule has 8 heteroatoms. The number of benzene rings is 2. The number of halogens is 1. The molecule has 0 spiro atoms. The van der Waals surface area contributed by atoms with Gasteiger partial charge >= 0.3 is 5.97 Å². The van der Waals surface area contributed by atoms with E-state index in [1.54, 1.807) is 36.4 Å². The van der Waals surface area contributed by atoms with E-state index in [0.29, 0.717) is 22.8 Å². The molecule has 0 aliphatic carbocycles. The van der Waals surface area contributed by atoms with Gasteiger partial charge in [0.1, 0.15) is 5.82 Å². The Bertz CT molecular complexity index is 869. The highest BCUT2D eigenvalue weighted by atomic mass is 19.1. The molecule has 3 aromatic rings. The Hall–Kier alpha value is -3.55. The van der Waals surface area contributed by atoms with Crippen LogP contribution in [0.5, 0.6) is 0 Å². The Kier molecular flexibility index (Phi) is 4.79. The van der Waals surface area contributed by atoms with Crippen molar-refractivity contribution in [3.63, 3.8) is 0 Å². The topological polar surface area (TPSA) is 89.0 Å². The van der Waals surface area contributed by atoms with Crippen LogP contribution >= 0.6 is 0 Å². The fourth-order valence-corrected chi connectivity index (χ4v) is 2.03. The summed E-state index contributed by atoms with van der Waals surface area (Å²) in [6.45, 7) is 0. The predicted molar refractivity (Wildman–Crippen MR) is 90.6 cm³/mol. The third-order valence-corrected chi connectivity index (χ3v) is 3.24. The van der Waals surface area contributed by atoms with Crippen molar-refractivity contribution in [1.29, 1.82) is 0 Å². The average molecular weight is 339 g/mol. The van der Waals surface area contributed by atoms with Crippen molar-refractivity contribution in [2.75, 3.05) is 17.7 Å². The van der Waals surface area contributed by atoms with Gasteiger partial charge in [0.25, 0.3) is 0 Å². The first-order chi connectivity index (χ1) is 12.1. The molecule has 25 heavy (non-hydrogen) atoms. The van der Waals surface area contributed by atoms with E-state index < -0.39 is 5.97 Å². The molecule has 0 saturated carbocycles. The molecular formula is C17H14FN5O2. The first-order valence-corrected chi connectivity index (χ1v) is 7.32. The van der Waals surface area contributed by atoms with E-state index in [9.17, 15) is 9.18 Å². The van der Waals surface area contributed by atoms with Gasteiger partial charge < -0.3 is 15.4 Å². The number of hydrogen-bond acceptors (Lipinski definition) is 7. The molecule has 0 aliphatic rings. The van der Waals surface area contributed by atoms with E-state index in [1.165, 1.54) is 25.4 Å². The molecule has 2 N–H and O–H groups in total. The summed E-state index contributed by atoms with van der Waals surface area (Å²) in [5.41, 5.74) is 1.81. The number of nitrogens with one attached hydrogen (secondary N) is 2. The Morgan fingerprint density at radius 2 is 1.64 bits per heavy atom. The number of carbonyl (C=O) groups excluding carboxylic acids is 1. The number of ether oxygens (including phenoxy) is 1.